The van der Waals surface area contributed by atoms with E-state index in [0.29, 0.717) is 22.9 Å². The summed E-state index contributed by atoms with van der Waals surface area (Å²) in [5.74, 6) is 0.404. The van der Waals surface area contributed by atoms with Crippen LogP contribution in [-0.2, 0) is 6.54 Å². The van der Waals surface area contributed by atoms with E-state index in [2.05, 4.69) is 10.3 Å². The summed E-state index contributed by atoms with van der Waals surface area (Å²) in [5.41, 5.74) is 1.69. The number of carboxylic acid groups (broad SMARTS) is 1. The van der Waals surface area contributed by atoms with E-state index in [1.807, 2.05) is 18.2 Å². The fourth-order valence-electron chi connectivity index (χ4n) is 2.13. The molecule has 0 saturated heterocycles. The number of oxazole rings is 1. The van der Waals surface area contributed by atoms with Crippen molar-refractivity contribution >= 4 is 23.0 Å². The molecule has 1 aromatic carbocycles. The van der Waals surface area contributed by atoms with Crippen LogP contribution in [-0.4, -0.2) is 23.2 Å². The topological polar surface area (TPSA) is 84.6 Å². The summed E-state index contributed by atoms with van der Waals surface area (Å²) in [6, 6.07) is 9.08. The summed E-state index contributed by atoms with van der Waals surface area (Å²) in [5, 5.41) is 12.2. The van der Waals surface area contributed by atoms with E-state index in [-0.39, 0.29) is 0 Å². The highest BCUT2D eigenvalue weighted by atomic mass is 32.1. The van der Waals surface area contributed by atoms with Gasteiger partial charge in [-0.25, -0.2) is 9.78 Å². The van der Waals surface area contributed by atoms with E-state index >= 15 is 0 Å². The highest BCUT2D eigenvalue weighted by molar-refractivity contribution is 7.13. The van der Waals surface area contributed by atoms with Gasteiger partial charge in [-0.2, -0.15) is 0 Å². The van der Waals surface area contributed by atoms with Gasteiger partial charge in [-0.3, -0.25) is 0 Å². The molecule has 2 N–H and O–H groups in total. The number of aromatic nitrogens is 1. The lowest BCUT2D eigenvalue weighted by Crippen LogP contribution is -1.98. The van der Waals surface area contributed by atoms with Crippen LogP contribution in [0.5, 0.6) is 5.75 Å². The lowest BCUT2D eigenvalue weighted by Gasteiger charge is -2.10. The number of methoxy groups -OCH3 is 1. The van der Waals surface area contributed by atoms with E-state index in [0.717, 1.165) is 16.1 Å². The van der Waals surface area contributed by atoms with Crippen molar-refractivity contribution in [1.29, 1.82) is 0 Å². The predicted octanol–water partition coefficient (Wildman–Crippen LogP) is 3.72. The van der Waals surface area contributed by atoms with Crippen LogP contribution in [0.15, 0.2) is 47.3 Å². The molecule has 3 aromatic rings. The van der Waals surface area contributed by atoms with E-state index in [9.17, 15) is 4.79 Å². The lowest BCUT2D eigenvalue weighted by molar-refractivity contribution is 0.0702. The largest absolute Gasteiger partial charge is 0.496 e. The second-order valence-corrected chi connectivity index (χ2v) is 5.87. The molecule has 2 aromatic heterocycles. The van der Waals surface area contributed by atoms with Crippen LogP contribution in [0.2, 0.25) is 0 Å². The van der Waals surface area contributed by atoms with Gasteiger partial charge >= 0.3 is 5.97 Å². The zero-order valence-electron chi connectivity index (χ0n) is 12.3. The molecule has 0 fully saturated rings. The molecule has 0 bridgehead atoms. The molecule has 0 aliphatic heterocycles. The maximum Gasteiger partial charge on any atom is 0.345 e. The van der Waals surface area contributed by atoms with Crippen molar-refractivity contribution in [2.45, 2.75) is 6.54 Å². The predicted molar refractivity (Wildman–Crippen MR) is 87.1 cm³/mol. The lowest BCUT2D eigenvalue weighted by atomic mass is 10.1. The molecule has 3 rings (SSSR count). The standard InChI is InChI=1S/C16H14N2O4S/c1-21-13-6-10(2-4-12(13)14-8-17-9-22-14)18-7-11-3-5-15(23-11)16(19)20/h2-6,8-9,18H,7H2,1H3,(H,19,20). The van der Waals surface area contributed by atoms with Gasteiger partial charge in [0.25, 0.3) is 0 Å². The molecule has 23 heavy (non-hydrogen) atoms. The van der Waals surface area contributed by atoms with Crippen LogP contribution in [0.4, 0.5) is 5.69 Å². The minimum absolute atomic E-state index is 0.333. The summed E-state index contributed by atoms with van der Waals surface area (Å²) >= 11 is 1.25. The molecule has 0 aliphatic rings. The molecule has 0 saturated carbocycles. The third-order valence-electron chi connectivity index (χ3n) is 3.24. The van der Waals surface area contributed by atoms with Crippen LogP contribution in [0.1, 0.15) is 14.5 Å². The third kappa shape index (κ3) is 3.35. The zero-order chi connectivity index (χ0) is 16.2. The Morgan fingerprint density at radius 1 is 1.39 bits per heavy atom. The normalized spacial score (nSPS) is 10.5. The zero-order valence-corrected chi connectivity index (χ0v) is 13.1. The van der Waals surface area contributed by atoms with Crippen molar-refractivity contribution in [1.82, 2.24) is 4.98 Å². The molecule has 6 nitrogen and oxygen atoms in total. The Bertz CT molecular complexity index is 811. The first-order valence-electron chi connectivity index (χ1n) is 6.80. The third-order valence-corrected chi connectivity index (χ3v) is 4.31. The number of hydrogen-bond acceptors (Lipinski definition) is 6. The number of nitrogens with one attached hydrogen (secondary N) is 1. The molecule has 118 valence electrons. The van der Waals surface area contributed by atoms with Crippen LogP contribution >= 0.6 is 11.3 Å². The number of hydrogen-bond donors (Lipinski definition) is 2. The molecule has 7 heteroatoms. The van der Waals surface area contributed by atoms with Gasteiger partial charge in [-0.05, 0) is 24.3 Å². The molecule has 2 heterocycles. The van der Waals surface area contributed by atoms with Gasteiger partial charge in [0.1, 0.15) is 10.6 Å². The number of carboxylic acids is 1. The van der Waals surface area contributed by atoms with Gasteiger partial charge in [-0.15, -0.1) is 11.3 Å². The van der Waals surface area contributed by atoms with Gasteiger partial charge < -0.3 is 19.6 Å². The maximum absolute atomic E-state index is 10.9. The van der Waals surface area contributed by atoms with Crippen molar-refractivity contribution in [3.8, 4) is 17.1 Å². The molecule has 0 unspecified atom stereocenters. The molecule has 0 radical (unpaired) electrons. The van der Waals surface area contributed by atoms with Crippen molar-refractivity contribution in [2.75, 3.05) is 12.4 Å². The fourth-order valence-corrected chi connectivity index (χ4v) is 2.92. The Morgan fingerprint density at radius 3 is 2.91 bits per heavy atom. The van der Waals surface area contributed by atoms with Crippen molar-refractivity contribution in [2.24, 2.45) is 0 Å². The molecule has 0 spiro atoms. The Hall–Kier alpha value is -2.80. The van der Waals surface area contributed by atoms with E-state index in [4.69, 9.17) is 14.3 Å². The van der Waals surface area contributed by atoms with Crippen molar-refractivity contribution < 1.29 is 19.1 Å². The Morgan fingerprint density at radius 2 is 2.26 bits per heavy atom. The second kappa shape index (κ2) is 6.53. The Balaban J connectivity index is 1.74. The highest BCUT2D eigenvalue weighted by Gasteiger charge is 2.11. The number of carbonyl (C=O) groups is 1. The summed E-state index contributed by atoms with van der Waals surface area (Å²) in [6.45, 7) is 0.544. The van der Waals surface area contributed by atoms with Gasteiger partial charge in [-0.1, -0.05) is 0 Å². The van der Waals surface area contributed by atoms with E-state index < -0.39 is 5.97 Å². The van der Waals surface area contributed by atoms with Crippen LogP contribution in [0, 0.1) is 0 Å². The van der Waals surface area contributed by atoms with Crippen LogP contribution in [0.25, 0.3) is 11.3 Å². The van der Waals surface area contributed by atoms with Crippen molar-refractivity contribution in [3.05, 3.63) is 52.7 Å². The van der Waals surface area contributed by atoms with Gasteiger partial charge in [0.05, 0.1) is 18.9 Å². The SMILES string of the molecule is COc1cc(NCc2ccc(C(=O)O)s2)ccc1-c1cnco1. The number of ether oxygens (including phenoxy) is 1. The first-order chi connectivity index (χ1) is 11.2. The highest BCUT2D eigenvalue weighted by Crippen LogP contribution is 2.32. The molecule has 0 atom stereocenters. The minimum atomic E-state index is -0.903. The van der Waals surface area contributed by atoms with E-state index in [1.54, 1.807) is 25.4 Å². The van der Waals surface area contributed by atoms with Crippen LogP contribution in [0.3, 0.4) is 0 Å². The minimum Gasteiger partial charge on any atom is -0.496 e. The maximum atomic E-state index is 10.9. The molecule has 0 aliphatic carbocycles. The average molecular weight is 330 g/mol. The number of thiophene rings is 1. The first kappa shape index (κ1) is 15.1. The van der Waals surface area contributed by atoms with Crippen LogP contribution < -0.4 is 10.1 Å². The van der Waals surface area contributed by atoms with Gasteiger partial charge in [0, 0.05) is 23.2 Å². The Labute approximate surface area is 136 Å². The number of aromatic carboxylic acids is 1. The average Bonchev–Trinajstić information content (AvgIpc) is 3.24. The molecular formula is C16H14N2O4S. The number of rotatable bonds is 6. The van der Waals surface area contributed by atoms with Gasteiger partial charge in [0.2, 0.25) is 0 Å². The second-order valence-electron chi connectivity index (χ2n) is 4.71. The summed E-state index contributed by atoms with van der Waals surface area (Å²) in [4.78, 5) is 16.1. The molecule has 0 amide bonds. The number of nitrogens with zero attached hydrogens (tertiary/aromatic N) is 1. The Kier molecular flexibility index (Phi) is 4.29. The monoisotopic (exact) mass is 330 g/mol. The first-order valence-corrected chi connectivity index (χ1v) is 7.62. The van der Waals surface area contributed by atoms with Crippen molar-refractivity contribution in [3.63, 3.8) is 0 Å². The summed E-state index contributed by atoms with van der Waals surface area (Å²) in [6.07, 6.45) is 3.00. The summed E-state index contributed by atoms with van der Waals surface area (Å²) in [7, 11) is 1.59. The quantitative estimate of drug-likeness (QED) is 0.716. The van der Waals surface area contributed by atoms with E-state index in [1.165, 1.54) is 17.7 Å². The fraction of sp³-hybridized carbons (Fsp3) is 0.125. The molecular weight excluding hydrogens is 316 g/mol. The number of benzene rings is 1. The van der Waals surface area contributed by atoms with Gasteiger partial charge in [0.15, 0.2) is 12.2 Å². The smallest absolute Gasteiger partial charge is 0.345 e. The number of anilines is 1. The summed E-state index contributed by atoms with van der Waals surface area (Å²) < 4.78 is 10.7.